The van der Waals surface area contributed by atoms with Gasteiger partial charge in [0.25, 0.3) is 0 Å². The highest BCUT2D eigenvalue weighted by atomic mass is 16.5. The van der Waals surface area contributed by atoms with Gasteiger partial charge in [0.1, 0.15) is 6.04 Å². The van der Waals surface area contributed by atoms with Crippen molar-refractivity contribution in [3.8, 4) is 11.5 Å². The largest absolute Gasteiger partial charge is 0.493 e. The van der Waals surface area contributed by atoms with E-state index >= 15 is 0 Å². The van der Waals surface area contributed by atoms with E-state index in [0.29, 0.717) is 18.9 Å². The maximum atomic E-state index is 11.2. The van der Waals surface area contributed by atoms with Gasteiger partial charge in [-0.1, -0.05) is 19.4 Å². The van der Waals surface area contributed by atoms with Gasteiger partial charge >= 0.3 is 5.97 Å². The number of hydrogen-bond donors (Lipinski definition) is 1. The first-order chi connectivity index (χ1) is 10.7. The predicted octanol–water partition coefficient (Wildman–Crippen LogP) is 2.92. The van der Waals surface area contributed by atoms with Crippen LogP contribution in [0.3, 0.4) is 0 Å². The molecular weight excluding hydrogens is 282 g/mol. The van der Waals surface area contributed by atoms with Gasteiger partial charge in [-0.3, -0.25) is 9.69 Å². The number of unbranched alkanes of at least 4 members (excludes halogenated alkanes) is 1. The van der Waals surface area contributed by atoms with E-state index < -0.39 is 5.97 Å². The SMILES string of the molecule is CCCCOc1ccc(CN2CCC[C@H]2C(=O)O)cc1OC. The summed E-state index contributed by atoms with van der Waals surface area (Å²) in [6.45, 7) is 4.26. The van der Waals surface area contributed by atoms with E-state index in [2.05, 4.69) is 6.92 Å². The number of carbonyl (C=O) groups is 1. The smallest absolute Gasteiger partial charge is 0.320 e. The van der Waals surface area contributed by atoms with Crippen molar-refractivity contribution in [2.24, 2.45) is 0 Å². The van der Waals surface area contributed by atoms with Crippen LogP contribution in [-0.4, -0.2) is 42.3 Å². The summed E-state index contributed by atoms with van der Waals surface area (Å²) in [5.41, 5.74) is 1.05. The summed E-state index contributed by atoms with van der Waals surface area (Å²) < 4.78 is 11.1. The Labute approximate surface area is 131 Å². The maximum absolute atomic E-state index is 11.2. The van der Waals surface area contributed by atoms with Crippen molar-refractivity contribution in [1.82, 2.24) is 4.90 Å². The molecule has 0 spiro atoms. The van der Waals surface area contributed by atoms with Crippen molar-refractivity contribution < 1.29 is 19.4 Å². The number of carboxylic acids is 1. The van der Waals surface area contributed by atoms with Crippen molar-refractivity contribution in [3.05, 3.63) is 23.8 Å². The van der Waals surface area contributed by atoms with Crippen molar-refractivity contribution in [1.29, 1.82) is 0 Å². The average molecular weight is 307 g/mol. The summed E-state index contributed by atoms with van der Waals surface area (Å²) in [7, 11) is 1.63. The Kier molecular flexibility index (Phi) is 6.07. The number of nitrogens with zero attached hydrogens (tertiary/aromatic N) is 1. The van der Waals surface area contributed by atoms with Crippen LogP contribution >= 0.6 is 0 Å². The normalized spacial score (nSPS) is 18.4. The zero-order chi connectivity index (χ0) is 15.9. The number of hydrogen-bond acceptors (Lipinski definition) is 4. The summed E-state index contributed by atoms with van der Waals surface area (Å²) >= 11 is 0. The number of aliphatic carboxylic acids is 1. The molecule has 1 heterocycles. The molecule has 5 nitrogen and oxygen atoms in total. The monoisotopic (exact) mass is 307 g/mol. The van der Waals surface area contributed by atoms with Crippen molar-refractivity contribution in [2.75, 3.05) is 20.3 Å². The van der Waals surface area contributed by atoms with Crippen LogP contribution in [0.25, 0.3) is 0 Å². The lowest BCUT2D eigenvalue weighted by molar-refractivity contribution is -0.142. The number of ether oxygens (including phenoxy) is 2. The fraction of sp³-hybridized carbons (Fsp3) is 0.588. The quantitative estimate of drug-likeness (QED) is 0.748. The van der Waals surface area contributed by atoms with Gasteiger partial charge in [0.2, 0.25) is 0 Å². The standard InChI is InChI=1S/C17H25NO4/c1-3-4-10-22-15-8-7-13(11-16(15)21-2)12-18-9-5-6-14(18)17(19)20/h7-8,11,14H,3-6,9-10,12H2,1-2H3,(H,19,20)/t14-/m0/s1. The lowest BCUT2D eigenvalue weighted by atomic mass is 10.1. The van der Waals surface area contributed by atoms with Gasteiger partial charge in [-0.2, -0.15) is 0 Å². The molecule has 1 N–H and O–H groups in total. The van der Waals surface area contributed by atoms with E-state index in [1.807, 2.05) is 23.1 Å². The number of likely N-dealkylation sites (tertiary alicyclic amines) is 1. The molecule has 0 bridgehead atoms. The Balaban J connectivity index is 2.04. The van der Waals surface area contributed by atoms with Gasteiger partial charge in [0, 0.05) is 6.54 Å². The molecule has 0 unspecified atom stereocenters. The minimum atomic E-state index is -0.732. The Bertz CT molecular complexity index is 503. The molecule has 1 aromatic rings. The van der Waals surface area contributed by atoms with Gasteiger partial charge in [0.05, 0.1) is 13.7 Å². The highest BCUT2D eigenvalue weighted by Crippen LogP contribution is 2.30. The number of carboxylic acid groups (broad SMARTS) is 1. The van der Waals surface area contributed by atoms with Crippen LogP contribution in [0.4, 0.5) is 0 Å². The van der Waals surface area contributed by atoms with Crippen LogP contribution in [0.15, 0.2) is 18.2 Å². The second-order valence-corrected chi connectivity index (χ2v) is 5.65. The van der Waals surface area contributed by atoms with E-state index in [1.54, 1.807) is 7.11 Å². The summed E-state index contributed by atoms with van der Waals surface area (Å²) in [4.78, 5) is 13.2. The molecular formula is C17H25NO4. The molecule has 1 aromatic carbocycles. The second kappa shape index (κ2) is 8.03. The van der Waals surface area contributed by atoms with Crippen LogP contribution in [0, 0.1) is 0 Å². The third-order valence-electron chi connectivity index (χ3n) is 4.02. The molecule has 1 aliphatic rings. The molecule has 5 heteroatoms. The third-order valence-corrected chi connectivity index (χ3v) is 4.02. The molecule has 0 aromatic heterocycles. The summed E-state index contributed by atoms with van der Waals surface area (Å²) in [5.74, 6) is 0.722. The van der Waals surface area contributed by atoms with Crippen molar-refractivity contribution >= 4 is 5.97 Å². The molecule has 0 aliphatic carbocycles. The van der Waals surface area contributed by atoms with Gasteiger partial charge in [-0.25, -0.2) is 0 Å². The van der Waals surface area contributed by atoms with Crippen LogP contribution in [0.5, 0.6) is 11.5 Å². The first-order valence-corrected chi connectivity index (χ1v) is 7.92. The van der Waals surface area contributed by atoms with E-state index in [1.165, 1.54) is 0 Å². The lowest BCUT2D eigenvalue weighted by Crippen LogP contribution is -2.35. The van der Waals surface area contributed by atoms with Gasteiger partial charge < -0.3 is 14.6 Å². The molecule has 22 heavy (non-hydrogen) atoms. The Morgan fingerprint density at radius 2 is 2.23 bits per heavy atom. The zero-order valence-corrected chi connectivity index (χ0v) is 13.4. The number of benzene rings is 1. The van der Waals surface area contributed by atoms with E-state index in [4.69, 9.17) is 9.47 Å². The van der Waals surface area contributed by atoms with Crippen LogP contribution in [-0.2, 0) is 11.3 Å². The van der Waals surface area contributed by atoms with Crippen molar-refractivity contribution in [2.45, 2.75) is 45.2 Å². The third kappa shape index (κ3) is 4.13. The highest BCUT2D eigenvalue weighted by Gasteiger charge is 2.30. The van der Waals surface area contributed by atoms with E-state index in [9.17, 15) is 9.90 Å². The number of methoxy groups -OCH3 is 1. The Morgan fingerprint density at radius 3 is 2.91 bits per heavy atom. The predicted molar refractivity (Wildman–Crippen MR) is 84.5 cm³/mol. The van der Waals surface area contributed by atoms with Gasteiger partial charge in [-0.05, 0) is 43.5 Å². The molecule has 0 saturated carbocycles. The van der Waals surface area contributed by atoms with E-state index in [0.717, 1.165) is 43.5 Å². The molecule has 0 amide bonds. The minimum absolute atomic E-state index is 0.369. The molecule has 1 saturated heterocycles. The summed E-state index contributed by atoms with van der Waals surface area (Å²) in [6, 6.07) is 5.47. The fourth-order valence-corrected chi connectivity index (χ4v) is 2.79. The summed E-state index contributed by atoms with van der Waals surface area (Å²) in [5, 5.41) is 9.24. The van der Waals surface area contributed by atoms with E-state index in [-0.39, 0.29) is 6.04 Å². The van der Waals surface area contributed by atoms with Gasteiger partial charge in [0.15, 0.2) is 11.5 Å². The molecule has 1 fully saturated rings. The zero-order valence-electron chi connectivity index (χ0n) is 13.4. The van der Waals surface area contributed by atoms with Crippen LogP contribution in [0.1, 0.15) is 38.2 Å². The number of rotatable bonds is 8. The van der Waals surface area contributed by atoms with Crippen LogP contribution < -0.4 is 9.47 Å². The molecule has 0 radical (unpaired) electrons. The van der Waals surface area contributed by atoms with Crippen LogP contribution in [0.2, 0.25) is 0 Å². The summed E-state index contributed by atoms with van der Waals surface area (Å²) in [6.07, 6.45) is 3.77. The van der Waals surface area contributed by atoms with Crippen molar-refractivity contribution in [3.63, 3.8) is 0 Å². The molecule has 122 valence electrons. The first kappa shape index (κ1) is 16.6. The Hall–Kier alpha value is -1.75. The topological polar surface area (TPSA) is 59.0 Å². The fourth-order valence-electron chi connectivity index (χ4n) is 2.79. The maximum Gasteiger partial charge on any atom is 0.320 e. The minimum Gasteiger partial charge on any atom is -0.493 e. The molecule has 1 atom stereocenters. The molecule has 2 rings (SSSR count). The first-order valence-electron chi connectivity index (χ1n) is 7.92. The van der Waals surface area contributed by atoms with Gasteiger partial charge in [-0.15, -0.1) is 0 Å². The molecule has 1 aliphatic heterocycles. The Morgan fingerprint density at radius 1 is 1.41 bits per heavy atom. The average Bonchev–Trinajstić information content (AvgIpc) is 2.97. The highest BCUT2D eigenvalue weighted by molar-refractivity contribution is 5.73. The lowest BCUT2D eigenvalue weighted by Gasteiger charge is -2.21. The second-order valence-electron chi connectivity index (χ2n) is 5.65.